The van der Waals surface area contributed by atoms with Crippen LogP contribution in [0.25, 0.3) is 0 Å². The van der Waals surface area contributed by atoms with Crippen LogP contribution in [0.4, 0.5) is 11.4 Å². The molecule has 1 saturated heterocycles. The Morgan fingerprint density at radius 1 is 1.57 bits per heavy atom. The SMILES string of the molecule is CC1CCCN(c2ccc(C#N)c([N+](=O)[O-])c2)C1C(=O)O. The molecule has 1 heterocycles. The van der Waals surface area contributed by atoms with Crippen LogP contribution in [-0.2, 0) is 4.79 Å². The second-order valence-electron chi connectivity index (χ2n) is 5.17. The topological polar surface area (TPSA) is 107 Å². The highest BCUT2D eigenvalue weighted by Gasteiger charge is 2.35. The Morgan fingerprint density at radius 3 is 2.86 bits per heavy atom. The first-order chi connectivity index (χ1) is 9.95. The molecule has 1 aliphatic heterocycles. The molecule has 0 bridgehead atoms. The van der Waals surface area contributed by atoms with Gasteiger partial charge >= 0.3 is 5.97 Å². The van der Waals surface area contributed by atoms with Crippen LogP contribution in [0, 0.1) is 27.4 Å². The van der Waals surface area contributed by atoms with Gasteiger partial charge in [-0.3, -0.25) is 10.1 Å². The molecule has 110 valence electrons. The molecule has 1 aromatic rings. The smallest absolute Gasteiger partial charge is 0.326 e. The number of hydrogen-bond acceptors (Lipinski definition) is 5. The Hall–Kier alpha value is -2.62. The lowest BCUT2D eigenvalue weighted by atomic mass is 9.90. The van der Waals surface area contributed by atoms with Crippen LogP contribution in [-0.4, -0.2) is 28.6 Å². The van der Waals surface area contributed by atoms with E-state index in [1.165, 1.54) is 12.1 Å². The highest BCUT2D eigenvalue weighted by atomic mass is 16.6. The maximum atomic E-state index is 11.5. The van der Waals surface area contributed by atoms with Crippen molar-refractivity contribution in [1.82, 2.24) is 0 Å². The number of nitro benzene ring substituents is 1. The zero-order chi connectivity index (χ0) is 15.6. The van der Waals surface area contributed by atoms with Crippen molar-refractivity contribution in [1.29, 1.82) is 5.26 Å². The van der Waals surface area contributed by atoms with Crippen LogP contribution in [0.15, 0.2) is 18.2 Å². The molecule has 0 amide bonds. The van der Waals surface area contributed by atoms with Crippen molar-refractivity contribution in [3.8, 4) is 6.07 Å². The van der Waals surface area contributed by atoms with Crippen LogP contribution in [0.5, 0.6) is 0 Å². The van der Waals surface area contributed by atoms with Gasteiger partial charge in [-0.2, -0.15) is 5.26 Å². The number of nitro groups is 1. The summed E-state index contributed by atoms with van der Waals surface area (Å²) in [6.45, 7) is 2.40. The highest BCUT2D eigenvalue weighted by Crippen LogP contribution is 2.32. The van der Waals surface area contributed by atoms with Crippen LogP contribution < -0.4 is 4.90 Å². The molecule has 2 unspecified atom stereocenters. The number of anilines is 1. The molecule has 1 aromatic carbocycles. The van der Waals surface area contributed by atoms with Gasteiger partial charge in [-0.1, -0.05) is 6.92 Å². The molecule has 2 rings (SSSR count). The minimum absolute atomic E-state index is 0.0271. The summed E-state index contributed by atoms with van der Waals surface area (Å²) in [5.41, 5.74) is 0.151. The summed E-state index contributed by atoms with van der Waals surface area (Å²) < 4.78 is 0. The fraction of sp³-hybridized carbons (Fsp3) is 0.429. The Bertz CT molecular complexity index is 623. The number of piperidine rings is 1. The summed E-state index contributed by atoms with van der Waals surface area (Å²) in [7, 11) is 0. The monoisotopic (exact) mass is 289 g/mol. The summed E-state index contributed by atoms with van der Waals surface area (Å²) in [5.74, 6) is -0.972. The molecule has 0 saturated carbocycles. The van der Waals surface area contributed by atoms with Crippen LogP contribution in [0.2, 0.25) is 0 Å². The maximum Gasteiger partial charge on any atom is 0.326 e. The molecule has 0 radical (unpaired) electrons. The van der Waals surface area contributed by atoms with E-state index in [9.17, 15) is 20.0 Å². The Morgan fingerprint density at radius 2 is 2.29 bits per heavy atom. The van der Waals surface area contributed by atoms with Crippen LogP contribution in [0.1, 0.15) is 25.3 Å². The first kappa shape index (κ1) is 14.8. The van der Waals surface area contributed by atoms with E-state index in [4.69, 9.17) is 5.26 Å². The molecule has 2 atom stereocenters. The van der Waals surface area contributed by atoms with Crippen molar-refractivity contribution in [2.45, 2.75) is 25.8 Å². The van der Waals surface area contributed by atoms with Gasteiger partial charge < -0.3 is 10.0 Å². The fourth-order valence-corrected chi connectivity index (χ4v) is 2.80. The third-order valence-electron chi connectivity index (χ3n) is 3.82. The lowest BCUT2D eigenvalue weighted by Gasteiger charge is -2.38. The van der Waals surface area contributed by atoms with Crippen molar-refractivity contribution in [3.63, 3.8) is 0 Å². The third-order valence-corrected chi connectivity index (χ3v) is 3.82. The number of carbonyl (C=O) groups is 1. The molecule has 7 nitrogen and oxygen atoms in total. The second-order valence-corrected chi connectivity index (χ2v) is 5.17. The quantitative estimate of drug-likeness (QED) is 0.674. The molecule has 1 fully saturated rings. The van der Waals surface area contributed by atoms with E-state index >= 15 is 0 Å². The first-order valence-electron chi connectivity index (χ1n) is 6.63. The predicted molar refractivity (Wildman–Crippen MR) is 75.0 cm³/mol. The second kappa shape index (κ2) is 5.79. The van der Waals surface area contributed by atoms with E-state index in [0.29, 0.717) is 12.2 Å². The Kier molecular flexibility index (Phi) is 4.08. The molecule has 7 heteroatoms. The van der Waals surface area contributed by atoms with Crippen molar-refractivity contribution < 1.29 is 14.8 Å². The average Bonchev–Trinajstić information content (AvgIpc) is 2.45. The van der Waals surface area contributed by atoms with E-state index in [0.717, 1.165) is 12.8 Å². The first-order valence-corrected chi connectivity index (χ1v) is 6.63. The van der Waals surface area contributed by atoms with E-state index in [-0.39, 0.29) is 17.2 Å². The standard InChI is InChI=1S/C14H15N3O4/c1-9-3-2-6-16(13(9)14(18)19)11-5-4-10(8-15)12(7-11)17(20)21/h4-5,7,9,13H,2-3,6H2,1H3,(H,18,19). The summed E-state index contributed by atoms with van der Waals surface area (Å²) in [6.07, 6.45) is 1.64. The molecular formula is C14H15N3O4. The van der Waals surface area contributed by atoms with E-state index < -0.39 is 16.9 Å². The lowest BCUT2D eigenvalue weighted by molar-refractivity contribution is -0.385. The number of rotatable bonds is 3. The van der Waals surface area contributed by atoms with Crippen molar-refractivity contribution >= 4 is 17.3 Å². The van der Waals surface area contributed by atoms with E-state index in [2.05, 4.69) is 0 Å². The number of carboxylic acid groups (broad SMARTS) is 1. The zero-order valence-electron chi connectivity index (χ0n) is 11.5. The van der Waals surface area contributed by atoms with Crippen LogP contribution in [0.3, 0.4) is 0 Å². The van der Waals surface area contributed by atoms with Crippen molar-refractivity contribution in [2.24, 2.45) is 5.92 Å². The Balaban J connectivity index is 2.45. The largest absolute Gasteiger partial charge is 0.480 e. The number of carboxylic acids is 1. The molecule has 0 aromatic heterocycles. The summed E-state index contributed by atoms with van der Waals surface area (Å²) in [5, 5.41) is 29.3. The van der Waals surface area contributed by atoms with E-state index in [1.54, 1.807) is 17.0 Å². The molecular weight excluding hydrogens is 274 g/mol. The van der Waals surface area contributed by atoms with E-state index in [1.807, 2.05) is 6.92 Å². The maximum absolute atomic E-state index is 11.5. The molecule has 1 aliphatic rings. The molecule has 21 heavy (non-hydrogen) atoms. The van der Waals surface area contributed by atoms with Crippen molar-refractivity contribution in [2.75, 3.05) is 11.4 Å². The van der Waals surface area contributed by atoms with Gasteiger partial charge in [0.15, 0.2) is 0 Å². The molecule has 0 aliphatic carbocycles. The van der Waals surface area contributed by atoms with Gasteiger partial charge in [-0.25, -0.2) is 4.79 Å². The molecule has 0 spiro atoms. The van der Waals surface area contributed by atoms with Gasteiger partial charge in [-0.05, 0) is 30.9 Å². The highest BCUT2D eigenvalue weighted by molar-refractivity contribution is 5.79. The zero-order valence-corrected chi connectivity index (χ0v) is 11.5. The number of nitriles is 1. The summed E-state index contributed by atoms with van der Waals surface area (Å²) in [4.78, 5) is 23.5. The average molecular weight is 289 g/mol. The van der Waals surface area contributed by atoms with Gasteiger partial charge in [0.25, 0.3) is 5.69 Å². The van der Waals surface area contributed by atoms with Gasteiger partial charge in [-0.15, -0.1) is 0 Å². The summed E-state index contributed by atoms with van der Waals surface area (Å²) in [6, 6.07) is 5.29. The molecule has 1 N–H and O–H groups in total. The van der Waals surface area contributed by atoms with Gasteiger partial charge in [0, 0.05) is 18.3 Å². The third kappa shape index (κ3) is 2.79. The predicted octanol–water partition coefficient (Wildman–Crippen LogP) is 2.16. The number of benzene rings is 1. The van der Waals surface area contributed by atoms with Gasteiger partial charge in [0.05, 0.1) is 4.92 Å². The fourth-order valence-electron chi connectivity index (χ4n) is 2.80. The normalized spacial score (nSPS) is 21.6. The Labute approximate surface area is 121 Å². The lowest BCUT2D eigenvalue weighted by Crippen LogP contribution is -2.49. The van der Waals surface area contributed by atoms with Gasteiger partial charge in [0.1, 0.15) is 17.7 Å². The minimum atomic E-state index is -0.936. The van der Waals surface area contributed by atoms with Gasteiger partial charge in [0.2, 0.25) is 0 Å². The van der Waals surface area contributed by atoms with Crippen molar-refractivity contribution in [3.05, 3.63) is 33.9 Å². The minimum Gasteiger partial charge on any atom is -0.480 e. The van der Waals surface area contributed by atoms with Crippen LogP contribution >= 0.6 is 0 Å². The number of hydrogen-bond donors (Lipinski definition) is 1. The number of aliphatic carboxylic acids is 1. The summed E-state index contributed by atoms with van der Waals surface area (Å²) >= 11 is 0. The number of nitrogens with zero attached hydrogens (tertiary/aromatic N) is 3.